The van der Waals surface area contributed by atoms with Crippen molar-refractivity contribution < 1.29 is 13.9 Å². The molecule has 32 heavy (non-hydrogen) atoms. The Morgan fingerprint density at radius 1 is 1.09 bits per heavy atom. The Bertz CT molecular complexity index is 1410. The number of aromatic nitrogens is 5. The van der Waals surface area contributed by atoms with Gasteiger partial charge < -0.3 is 10.1 Å². The van der Waals surface area contributed by atoms with E-state index in [2.05, 4.69) is 20.6 Å². The van der Waals surface area contributed by atoms with Gasteiger partial charge in [-0.2, -0.15) is 5.10 Å². The van der Waals surface area contributed by atoms with Gasteiger partial charge in [-0.15, -0.1) is 10.2 Å². The Labute approximate surface area is 186 Å². The SMILES string of the molecule is COc1ccc(-c2cc3c4nnc(SCC(=O)Nc5ccc(F)cc5)n4ccn3n2)cc1. The molecule has 0 saturated heterocycles. The number of anilines is 1. The molecule has 1 N–H and O–H groups in total. The minimum Gasteiger partial charge on any atom is -0.497 e. The Kier molecular flexibility index (Phi) is 5.20. The summed E-state index contributed by atoms with van der Waals surface area (Å²) in [6.45, 7) is 0. The van der Waals surface area contributed by atoms with E-state index in [0.29, 0.717) is 16.5 Å². The first kappa shape index (κ1) is 20.0. The van der Waals surface area contributed by atoms with Gasteiger partial charge in [-0.05, 0) is 54.6 Å². The summed E-state index contributed by atoms with van der Waals surface area (Å²) in [6, 6.07) is 15.2. The first-order valence-corrected chi connectivity index (χ1v) is 10.6. The highest BCUT2D eigenvalue weighted by Crippen LogP contribution is 2.25. The summed E-state index contributed by atoms with van der Waals surface area (Å²) in [4.78, 5) is 12.2. The Hall–Kier alpha value is -3.92. The van der Waals surface area contributed by atoms with Crippen molar-refractivity contribution in [2.75, 3.05) is 18.2 Å². The summed E-state index contributed by atoms with van der Waals surface area (Å²) < 4.78 is 21.8. The van der Waals surface area contributed by atoms with Crippen LogP contribution in [0.3, 0.4) is 0 Å². The van der Waals surface area contributed by atoms with Crippen molar-refractivity contribution in [3.8, 4) is 17.0 Å². The normalized spacial score (nSPS) is 11.2. The van der Waals surface area contributed by atoms with Crippen molar-refractivity contribution >= 4 is 34.5 Å². The molecular formula is C22H17FN6O2S. The molecule has 3 heterocycles. The van der Waals surface area contributed by atoms with Crippen LogP contribution in [0.2, 0.25) is 0 Å². The van der Waals surface area contributed by atoms with Gasteiger partial charge >= 0.3 is 0 Å². The van der Waals surface area contributed by atoms with Crippen LogP contribution in [0.15, 0.2) is 72.1 Å². The summed E-state index contributed by atoms with van der Waals surface area (Å²) >= 11 is 1.26. The highest BCUT2D eigenvalue weighted by molar-refractivity contribution is 7.99. The third kappa shape index (κ3) is 3.87. The summed E-state index contributed by atoms with van der Waals surface area (Å²) in [5.41, 5.74) is 3.74. The van der Waals surface area contributed by atoms with E-state index in [4.69, 9.17) is 4.74 Å². The van der Waals surface area contributed by atoms with Crippen LogP contribution in [0.1, 0.15) is 0 Å². The summed E-state index contributed by atoms with van der Waals surface area (Å²) in [7, 11) is 1.63. The smallest absolute Gasteiger partial charge is 0.234 e. The predicted molar refractivity (Wildman–Crippen MR) is 119 cm³/mol. The fraction of sp³-hybridized carbons (Fsp3) is 0.0909. The second-order valence-electron chi connectivity index (χ2n) is 6.91. The van der Waals surface area contributed by atoms with E-state index in [1.165, 1.54) is 36.0 Å². The number of fused-ring (bicyclic) bond motifs is 3. The molecule has 1 amide bonds. The number of carbonyl (C=O) groups excluding carboxylic acids is 1. The van der Waals surface area contributed by atoms with Crippen molar-refractivity contribution in [1.29, 1.82) is 0 Å². The van der Waals surface area contributed by atoms with Gasteiger partial charge in [-0.3, -0.25) is 9.20 Å². The van der Waals surface area contributed by atoms with Gasteiger partial charge in [-0.1, -0.05) is 11.8 Å². The zero-order valence-corrected chi connectivity index (χ0v) is 17.7. The number of carbonyl (C=O) groups is 1. The number of amides is 1. The van der Waals surface area contributed by atoms with Crippen LogP contribution in [0, 0.1) is 5.82 Å². The third-order valence-electron chi connectivity index (χ3n) is 4.83. The Balaban J connectivity index is 1.35. The van der Waals surface area contributed by atoms with Gasteiger partial charge in [0.05, 0.1) is 18.6 Å². The average Bonchev–Trinajstić information content (AvgIpc) is 3.43. The van der Waals surface area contributed by atoms with Gasteiger partial charge in [0, 0.05) is 23.6 Å². The number of thioether (sulfide) groups is 1. The van der Waals surface area contributed by atoms with Crippen molar-refractivity contribution in [3.05, 3.63) is 72.8 Å². The van der Waals surface area contributed by atoms with Crippen molar-refractivity contribution in [3.63, 3.8) is 0 Å². The molecule has 5 aromatic rings. The van der Waals surface area contributed by atoms with Crippen LogP contribution in [-0.2, 0) is 4.79 Å². The molecule has 0 fully saturated rings. The highest BCUT2D eigenvalue weighted by atomic mass is 32.2. The van der Waals surface area contributed by atoms with Gasteiger partial charge in [-0.25, -0.2) is 8.91 Å². The first-order valence-electron chi connectivity index (χ1n) is 9.66. The quantitative estimate of drug-likeness (QED) is 0.396. The maximum absolute atomic E-state index is 13.0. The van der Waals surface area contributed by atoms with Crippen LogP contribution < -0.4 is 10.1 Å². The van der Waals surface area contributed by atoms with E-state index in [1.54, 1.807) is 11.6 Å². The lowest BCUT2D eigenvalue weighted by atomic mass is 10.1. The van der Waals surface area contributed by atoms with E-state index >= 15 is 0 Å². The topological polar surface area (TPSA) is 85.8 Å². The number of benzene rings is 2. The number of rotatable bonds is 6. The van der Waals surface area contributed by atoms with Crippen molar-refractivity contribution in [1.82, 2.24) is 24.2 Å². The zero-order valence-electron chi connectivity index (χ0n) is 16.9. The van der Waals surface area contributed by atoms with Crippen molar-refractivity contribution in [2.24, 2.45) is 0 Å². The lowest BCUT2D eigenvalue weighted by molar-refractivity contribution is -0.113. The van der Waals surface area contributed by atoms with Crippen LogP contribution >= 0.6 is 11.8 Å². The van der Waals surface area contributed by atoms with Crippen molar-refractivity contribution in [2.45, 2.75) is 5.16 Å². The van der Waals surface area contributed by atoms with Gasteiger partial charge in [0.25, 0.3) is 0 Å². The predicted octanol–water partition coefficient (Wildman–Crippen LogP) is 3.92. The monoisotopic (exact) mass is 448 g/mol. The molecule has 2 aromatic carbocycles. The molecule has 0 bridgehead atoms. The molecule has 160 valence electrons. The summed E-state index contributed by atoms with van der Waals surface area (Å²) in [5.74, 6) is 0.349. The number of halogens is 1. The van der Waals surface area contributed by atoms with Crippen LogP contribution in [-0.4, -0.2) is 43.0 Å². The number of hydrogen-bond donors (Lipinski definition) is 1. The molecule has 5 rings (SSSR count). The molecular weight excluding hydrogens is 431 g/mol. The molecule has 3 aromatic heterocycles. The number of methoxy groups -OCH3 is 1. The van der Waals surface area contributed by atoms with E-state index < -0.39 is 0 Å². The molecule has 0 atom stereocenters. The molecule has 0 unspecified atom stereocenters. The molecule has 0 aliphatic carbocycles. The summed E-state index contributed by atoms with van der Waals surface area (Å²) in [5, 5.41) is 16.5. The fourth-order valence-corrected chi connectivity index (χ4v) is 3.97. The zero-order chi connectivity index (χ0) is 22.1. The third-order valence-corrected chi connectivity index (χ3v) is 5.78. The first-order chi connectivity index (χ1) is 15.6. The Morgan fingerprint density at radius 3 is 2.62 bits per heavy atom. The maximum atomic E-state index is 13.0. The second-order valence-corrected chi connectivity index (χ2v) is 7.85. The largest absolute Gasteiger partial charge is 0.497 e. The van der Waals surface area contributed by atoms with E-state index in [1.807, 2.05) is 47.1 Å². The molecule has 0 aliphatic heterocycles. The van der Waals surface area contributed by atoms with E-state index in [0.717, 1.165) is 22.5 Å². The molecule has 0 saturated carbocycles. The number of hydrogen-bond acceptors (Lipinski definition) is 6. The lowest BCUT2D eigenvalue weighted by Crippen LogP contribution is -2.14. The van der Waals surface area contributed by atoms with Gasteiger partial charge in [0.2, 0.25) is 5.91 Å². The minimum atomic E-state index is -0.353. The van der Waals surface area contributed by atoms with Crippen LogP contribution in [0.4, 0.5) is 10.1 Å². The van der Waals surface area contributed by atoms with E-state index in [-0.39, 0.29) is 17.5 Å². The molecule has 10 heteroatoms. The van der Waals surface area contributed by atoms with Crippen LogP contribution in [0.5, 0.6) is 5.75 Å². The number of nitrogens with one attached hydrogen (secondary N) is 1. The fourth-order valence-electron chi connectivity index (χ4n) is 3.25. The average molecular weight is 448 g/mol. The Morgan fingerprint density at radius 2 is 1.88 bits per heavy atom. The van der Waals surface area contributed by atoms with Gasteiger partial charge in [0.15, 0.2) is 10.8 Å². The molecule has 8 nitrogen and oxygen atoms in total. The lowest BCUT2D eigenvalue weighted by Gasteiger charge is -2.04. The number of ether oxygens (including phenoxy) is 1. The summed E-state index contributed by atoms with van der Waals surface area (Å²) in [6.07, 6.45) is 3.63. The standard InChI is InChI=1S/C22H17FN6O2S/c1-31-17-8-2-14(3-9-17)18-12-19-21-25-26-22(28(21)10-11-29(19)27-18)32-13-20(30)24-16-6-4-15(23)5-7-16/h2-12H,13H2,1H3,(H,24,30). The second kappa shape index (κ2) is 8.31. The number of nitrogens with zero attached hydrogens (tertiary/aromatic N) is 5. The molecule has 0 spiro atoms. The highest BCUT2D eigenvalue weighted by Gasteiger charge is 2.14. The molecule has 0 radical (unpaired) electrons. The van der Waals surface area contributed by atoms with Crippen LogP contribution in [0.25, 0.3) is 22.4 Å². The van der Waals surface area contributed by atoms with Gasteiger partial charge in [0.1, 0.15) is 17.1 Å². The van der Waals surface area contributed by atoms with E-state index in [9.17, 15) is 9.18 Å². The maximum Gasteiger partial charge on any atom is 0.234 e. The minimum absolute atomic E-state index is 0.139. The molecule has 0 aliphatic rings.